The van der Waals surface area contributed by atoms with E-state index in [1.807, 2.05) is 18.2 Å². The molecule has 0 atom stereocenters. The quantitative estimate of drug-likeness (QED) is 0.803. The molecule has 1 aliphatic heterocycles. The molecular weight excluding hydrogens is 262 g/mol. The number of nitrogens with two attached hydrogens (primary N) is 1. The SMILES string of the molecule is CN(C(N)=S)c1cnc2cc3c(cc2c1)OC=CO3. The van der Waals surface area contributed by atoms with E-state index in [0.29, 0.717) is 16.6 Å². The largest absolute Gasteiger partial charge is 0.458 e. The number of rotatable bonds is 1. The summed E-state index contributed by atoms with van der Waals surface area (Å²) >= 11 is 4.94. The van der Waals surface area contributed by atoms with E-state index in [9.17, 15) is 0 Å². The van der Waals surface area contributed by atoms with Gasteiger partial charge in [-0.2, -0.15) is 0 Å². The minimum atomic E-state index is 0.293. The first-order valence-electron chi connectivity index (χ1n) is 5.60. The summed E-state index contributed by atoms with van der Waals surface area (Å²) in [6, 6.07) is 5.65. The molecule has 2 aromatic rings. The Morgan fingerprint density at radius 2 is 1.89 bits per heavy atom. The molecule has 6 heteroatoms. The van der Waals surface area contributed by atoms with Crippen molar-refractivity contribution < 1.29 is 9.47 Å². The van der Waals surface area contributed by atoms with Crippen LogP contribution in [0.1, 0.15) is 0 Å². The number of aromatic nitrogens is 1. The summed E-state index contributed by atoms with van der Waals surface area (Å²) in [7, 11) is 1.80. The van der Waals surface area contributed by atoms with Crippen LogP contribution in [-0.4, -0.2) is 17.1 Å². The number of ether oxygens (including phenoxy) is 2. The first kappa shape index (κ1) is 11.7. The third kappa shape index (κ3) is 2.06. The lowest BCUT2D eigenvalue weighted by molar-refractivity contribution is 0.362. The Labute approximate surface area is 115 Å². The fraction of sp³-hybridized carbons (Fsp3) is 0.0769. The fourth-order valence-electron chi connectivity index (χ4n) is 1.82. The van der Waals surface area contributed by atoms with Crippen molar-refractivity contribution in [2.75, 3.05) is 11.9 Å². The Bertz CT molecular complexity index is 700. The second kappa shape index (κ2) is 4.40. The Hall–Kier alpha value is -2.34. The molecule has 2 N–H and O–H groups in total. The van der Waals surface area contributed by atoms with Gasteiger partial charge in [0.2, 0.25) is 0 Å². The van der Waals surface area contributed by atoms with Crippen molar-refractivity contribution in [3.8, 4) is 11.5 Å². The molecular formula is C13H11N3O2S. The molecule has 0 bridgehead atoms. The molecule has 1 aromatic heterocycles. The summed E-state index contributed by atoms with van der Waals surface area (Å²) in [6.45, 7) is 0. The topological polar surface area (TPSA) is 60.6 Å². The van der Waals surface area contributed by atoms with Crippen molar-refractivity contribution in [3.05, 3.63) is 36.9 Å². The first-order chi connectivity index (χ1) is 9.15. The maximum absolute atomic E-state index is 5.60. The van der Waals surface area contributed by atoms with Gasteiger partial charge in [0.1, 0.15) is 12.5 Å². The van der Waals surface area contributed by atoms with Gasteiger partial charge in [0.25, 0.3) is 0 Å². The number of thiocarbonyl (C=S) groups is 1. The monoisotopic (exact) mass is 273 g/mol. The first-order valence-corrected chi connectivity index (χ1v) is 6.01. The van der Waals surface area contributed by atoms with Crippen LogP contribution in [-0.2, 0) is 0 Å². The summed E-state index contributed by atoms with van der Waals surface area (Å²) in [5, 5.41) is 1.22. The molecule has 96 valence electrons. The smallest absolute Gasteiger partial charge is 0.171 e. The zero-order chi connectivity index (χ0) is 13.4. The normalized spacial score (nSPS) is 12.5. The third-order valence-electron chi connectivity index (χ3n) is 2.90. The average molecular weight is 273 g/mol. The van der Waals surface area contributed by atoms with Gasteiger partial charge in [0.15, 0.2) is 16.6 Å². The van der Waals surface area contributed by atoms with E-state index in [4.69, 9.17) is 27.4 Å². The Morgan fingerprint density at radius 3 is 2.58 bits per heavy atom. The standard InChI is InChI=1S/C13H11N3O2S/c1-16(13(14)19)9-4-8-5-11-12(18-3-2-17-11)6-10(8)15-7-9/h2-7H,1H3,(H2,14,19). The number of hydrogen-bond donors (Lipinski definition) is 1. The Kier molecular flexibility index (Phi) is 2.72. The minimum absolute atomic E-state index is 0.293. The van der Waals surface area contributed by atoms with Crippen LogP contribution in [0.25, 0.3) is 10.9 Å². The highest BCUT2D eigenvalue weighted by Crippen LogP contribution is 2.35. The van der Waals surface area contributed by atoms with E-state index in [1.54, 1.807) is 18.1 Å². The number of anilines is 1. The summed E-state index contributed by atoms with van der Waals surface area (Å²) in [4.78, 5) is 6.07. The highest BCUT2D eigenvalue weighted by atomic mass is 32.1. The minimum Gasteiger partial charge on any atom is -0.458 e. The number of nitrogens with zero attached hydrogens (tertiary/aromatic N) is 2. The van der Waals surface area contributed by atoms with Gasteiger partial charge in [-0.05, 0) is 24.4 Å². The molecule has 0 aliphatic carbocycles. The fourth-order valence-corrected chi connectivity index (χ4v) is 1.93. The average Bonchev–Trinajstić information content (AvgIpc) is 2.43. The lowest BCUT2D eigenvalue weighted by Crippen LogP contribution is -2.31. The van der Waals surface area contributed by atoms with Crippen LogP contribution >= 0.6 is 12.2 Å². The van der Waals surface area contributed by atoms with Gasteiger partial charge in [0, 0.05) is 18.5 Å². The van der Waals surface area contributed by atoms with E-state index >= 15 is 0 Å². The van der Waals surface area contributed by atoms with Crippen LogP contribution in [0.2, 0.25) is 0 Å². The predicted octanol–water partition coefficient (Wildman–Crippen LogP) is 2.16. The van der Waals surface area contributed by atoms with Crippen molar-refractivity contribution in [1.29, 1.82) is 0 Å². The second-order valence-electron chi connectivity index (χ2n) is 4.09. The summed E-state index contributed by atoms with van der Waals surface area (Å²) in [5.41, 5.74) is 7.24. The number of fused-ring (bicyclic) bond motifs is 2. The molecule has 3 rings (SSSR count). The molecule has 0 radical (unpaired) electrons. The lowest BCUT2D eigenvalue weighted by Gasteiger charge is -2.17. The van der Waals surface area contributed by atoms with Crippen LogP contribution in [0, 0.1) is 0 Å². The summed E-state index contributed by atoms with van der Waals surface area (Å²) in [6.07, 6.45) is 4.70. The van der Waals surface area contributed by atoms with Gasteiger partial charge in [-0.3, -0.25) is 4.98 Å². The number of benzene rings is 1. The second-order valence-corrected chi connectivity index (χ2v) is 4.51. The Morgan fingerprint density at radius 1 is 1.21 bits per heavy atom. The highest BCUT2D eigenvalue weighted by molar-refractivity contribution is 7.80. The van der Waals surface area contributed by atoms with Crippen molar-refractivity contribution in [2.24, 2.45) is 5.73 Å². The summed E-state index contributed by atoms with van der Waals surface area (Å²) < 4.78 is 10.7. The lowest BCUT2D eigenvalue weighted by atomic mass is 10.2. The van der Waals surface area contributed by atoms with Gasteiger partial charge in [0.05, 0.1) is 17.4 Å². The maximum atomic E-state index is 5.60. The molecule has 2 heterocycles. The van der Waals surface area contributed by atoms with Crippen LogP contribution in [0.4, 0.5) is 5.69 Å². The molecule has 0 saturated heterocycles. The van der Waals surface area contributed by atoms with Crippen LogP contribution in [0.15, 0.2) is 36.9 Å². The molecule has 0 saturated carbocycles. The van der Waals surface area contributed by atoms with Gasteiger partial charge in [-0.15, -0.1) is 0 Å². The van der Waals surface area contributed by atoms with Crippen molar-refractivity contribution in [1.82, 2.24) is 4.98 Å². The Balaban J connectivity index is 2.11. The van der Waals surface area contributed by atoms with E-state index in [-0.39, 0.29) is 0 Å². The van der Waals surface area contributed by atoms with E-state index in [2.05, 4.69) is 4.98 Å². The molecule has 0 fully saturated rings. The van der Waals surface area contributed by atoms with Crippen LogP contribution in [0.5, 0.6) is 11.5 Å². The summed E-state index contributed by atoms with van der Waals surface area (Å²) in [5.74, 6) is 1.31. The molecule has 5 nitrogen and oxygen atoms in total. The van der Waals surface area contributed by atoms with E-state index in [0.717, 1.165) is 16.6 Å². The molecule has 19 heavy (non-hydrogen) atoms. The number of pyridine rings is 1. The third-order valence-corrected chi connectivity index (χ3v) is 3.17. The molecule has 0 amide bonds. The zero-order valence-corrected chi connectivity index (χ0v) is 11.0. The van der Waals surface area contributed by atoms with Crippen molar-refractivity contribution in [3.63, 3.8) is 0 Å². The van der Waals surface area contributed by atoms with E-state index < -0.39 is 0 Å². The van der Waals surface area contributed by atoms with Crippen LogP contribution in [0.3, 0.4) is 0 Å². The van der Waals surface area contributed by atoms with E-state index in [1.165, 1.54) is 12.5 Å². The van der Waals surface area contributed by atoms with Gasteiger partial charge < -0.3 is 20.1 Å². The highest BCUT2D eigenvalue weighted by Gasteiger charge is 2.12. The molecule has 1 aliphatic rings. The maximum Gasteiger partial charge on any atom is 0.171 e. The van der Waals surface area contributed by atoms with Crippen molar-refractivity contribution in [2.45, 2.75) is 0 Å². The van der Waals surface area contributed by atoms with Gasteiger partial charge >= 0.3 is 0 Å². The molecule has 0 spiro atoms. The van der Waals surface area contributed by atoms with Crippen molar-refractivity contribution >= 4 is 33.9 Å². The zero-order valence-electron chi connectivity index (χ0n) is 10.2. The molecule has 0 unspecified atom stereocenters. The number of hydrogen-bond acceptors (Lipinski definition) is 4. The van der Waals surface area contributed by atoms with Crippen LogP contribution < -0.4 is 20.1 Å². The molecule has 1 aromatic carbocycles. The van der Waals surface area contributed by atoms with Gasteiger partial charge in [-0.25, -0.2) is 0 Å². The van der Waals surface area contributed by atoms with Gasteiger partial charge in [-0.1, -0.05) is 0 Å². The predicted molar refractivity (Wildman–Crippen MR) is 77.3 cm³/mol.